The molecule has 7 heteroatoms. The van der Waals surface area contributed by atoms with E-state index in [4.69, 9.17) is 4.74 Å². The van der Waals surface area contributed by atoms with E-state index >= 15 is 0 Å². The first kappa shape index (κ1) is 20.9. The van der Waals surface area contributed by atoms with Crippen molar-refractivity contribution in [3.8, 4) is 5.75 Å². The summed E-state index contributed by atoms with van der Waals surface area (Å²) in [4.78, 5) is 36.4. The molecule has 154 valence electrons. The standard InChI is InChI=1S/C23H23N3O4/c1-16-11-12-26(22(28)13-16)15-21(27)25-19-7-5-18(6-8-19)23(29)24-14-17-3-9-20(30-2)10-4-17/h3-13H,14-15H2,1-2H3,(H,24,29)(H,25,27). The molecule has 0 atom stereocenters. The molecule has 0 radical (unpaired) electrons. The number of nitrogens with one attached hydrogen (secondary N) is 2. The van der Waals surface area contributed by atoms with Gasteiger partial charge in [-0.2, -0.15) is 0 Å². The van der Waals surface area contributed by atoms with Crippen LogP contribution in [0.25, 0.3) is 0 Å². The van der Waals surface area contributed by atoms with Crippen LogP contribution in [0.2, 0.25) is 0 Å². The highest BCUT2D eigenvalue weighted by molar-refractivity contribution is 5.95. The predicted octanol–water partition coefficient (Wildman–Crippen LogP) is 2.73. The summed E-state index contributed by atoms with van der Waals surface area (Å²) < 4.78 is 6.45. The molecule has 3 rings (SSSR count). The molecule has 1 aromatic heterocycles. The normalized spacial score (nSPS) is 10.3. The Kier molecular flexibility index (Phi) is 6.64. The summed E-state index contributed by atoms with van der Waals surface area (Å²) in [5.74, 6) is 0.225. The van der Waals surface area contributed by atoms with Crippen molar-refractivity contribution in [3.63, 3.8) is 0 Å². The van der Waals surface area contributed by atoms with Crippen molar-refractivity contribution >= 4 is 17.5 Å². The van der Waals surface area contributed by atoms with Crippen LogP contribution < -0.4 is 20.9 Å². The first-order chi connectivity index (χ1) is 14.4. The number of benzene rings is 2. The van der Waals surface area contributed by atoms with E-state index in [-0.39, 0.29) is 23.9 Å². The number of methoxy groups -OCH3 is 1. The van der Waals surface area contributed by atoms with E-state index in [1.54, 1.807) is 43.6 Å². The van der Waals surface area contributed by atoms with Crippen LogP contribution in [0.15, 0.2) is 71.7 Å². The molecule has 0 aliphatic rings. The van der Waals surface area contributed by atoms with Gasteiger partial charge in [-0.25, -0.2) is 0 Å². The molecule has 0 bridgehead atoms. The van der Waals surface area contributed by atoms with Gasteiger partial charge in [0.15, 0.2) is 0 Å². The van der Waals surface area contributed by atoms with Crippen LogP contribution in [-0.2, 0) is 17.9 Å². The Balaban J connectivity index is 1.53. The van der Waals surface area contributed by atoms with Gasteiger partial charge < -0.3 is 19.9 Å². The number of amides is 2. The zero-order valence-corrected chi connectivity index (χ0v) is 16.8. The van der Waals surface area contributed by atoms with Gasteiger partial charge in [-0.3, -0.25) is 14.4 Å². The maximum atomic E-state index is 12.3. The summed E-state index contributed by atoms with van der Waals surface area (Å²) in [7, 11) is 1.60. The highest BCUT2D eigenvalue weighted by Gasteiger charge is 2.08. The molecule has 2 amide bonds. The van der Waals surface area contributed by atoms with Crippen LogP contribution in [-0.4, -0.2) is 23.5 Å². The maximum absolute atomic E-state index is 12.3. The lowest BCUT2D eigenvalue weighted by atomic mass is 10.1. The van der Waals surface area contributed by atoms with Crippen LogP contribution >= 0.6 is 0 Å². The van der Waals surface area contributed by atoms with E-state index in [1.165, 1.54) is 10.6 Å². The molecule has 2 N–H and O–H groups in total. The number of rotatable bonds is 7. The zero-order chi connectivity index (χ0) is 21.5. The second kappa shape index (κ2) is 9.56. The third-order valence-corrected chi connectivity index (χ3v) is 4.51. The molecule has 0 saturated carbocycles. The number of hydrogen-bond acceptors (Lipinski definition) is 4. The van der Waals surface area contributed by atoms with E-state index in [0.29, 0.717) is 17.8 Å². The number of carbonyl (C=O) groups excluding carboxylic acids is 2. The Labute approximate surface area is 174 Å². The quantitative estimate of drug-likeness (QED) is 0.633. The fourth-order valence-corrected chi connectivity index (χ4v) is 2.83. The second-order valence-electron chi connectivity index (χ2n) is 6.83. The van der Waals surface area contributed by atoms with Crippen molar-refractivity contribution < 1.29 is 14.3 Å². The summed E-state index contributed by atoms with van der Waals surface area (Å²) >= 11 is 0. The van der Waals surface area contributed by atoms with Crippen molar-refractivity contribution in [2.75, 3.05) is 12.4 Å². The molecule has 0 spiro atoms. The predicted molar refractivity (Wildman–Crippen MR) is 115 cm³/mol. The molecule has 7 nitrogen and oxygen atoms in total. The average molecular weight is 405 g/mol. The lowest BCUT2D eigenvalue weighted by Crippen LogP contribution is -2.27. The lowest BCUT2D eigenvalue weighted by Gasteiger charge is -2.09. The maximum Gasteiger partial charge on any atom is 0.251 e. The van der Waals surface area contributed by atoms with E-state index in [0.717, 1.165) is 16.9 Å². The monoisotopic (exact) mass is 405 g/mol. The van der Waals surface area contributed by atoms with E-state index in [9.17, 15) is 14.4 Å². The van der Waals surface area contributed by atoms with Crippen molar-refractivity contribution in [3.05, 3.63) is 93.9 Å². The highest BCUT2D eigenvalue weighted by Crippen LogP contribution is 2.12. The molecule has 0 aliphatic heterocycles. The second-order valence-corrected chi connectivity index (χ2v) is 6.83. The number of nitrogens with zero attached hydrogens (tertiary/aromatic N) is 1. The number of aryl methyl sites for hydroxylation is 1. The Morgan fingerprint density at radius 1 is 1.00 bits per heavy atom. The van der Waals surface area contributed by atoms with Crippen LogP contribution in [0.5, 0.6) is 5.75 Å². The number of hydrogen-bond donors (Lipinski definition) is 2. The largest absolute Gasteiger partial charge is 0.497 e. The SMILES string of the molecule is COc1ccc(CNC(=O)c2ccc(NC(=O)Cn3ccc(C)cc3=O)cc2)cc1. The van der Waals surface area contributed by atoms with Crippen LogP contribution in [0.1, 0.15) is 21.5 Å². The molecule has 0 aliphatic carbocycles. The topological polar surface area (TPSA) is 89.4 Å². The molecule has 0 fully saturated rings. The van der Waals surface area contributed by atoms with Crippen LogP contribution in [0, 0.1) is 6.92 Å². The molecule has 30 heavy (non-hydrogen) atoms. The van der Waals surface area contributed by atoms with Gasteiger partial charge in [0.25, 0.3) is 11.5 Å². The molecule has 0 unspecified atom stereocenters. The van der Waals surface area contributed by atoms with Gasteiger partial charge in [0.1, 0.15) is 12.3 Å². The van der Waals surface area contributed by atoms with Crippen LogP contribution in [0.4, 0.5) is 5.69 Å². The third-order valence-electron chi connectivity index (χ3n) is 4.51. The highest BCUT2D eigenvalue weighted by atomic mass is 16.5. The molecule has 3 aromatic rings. The van der Waals surface area contributed by atoms with Crippen molar-refractivity contribution in [2.45, 2.75) is 20.0 Å². The van der Waals surface area contributed by atoms with Gasteiger partial charge in [0, 0.05) is 30.1 Å². The molecule has 2 aromatic carbocycles. The molecular weight excluding hydrogens is 382 g/mol. The Hall–Kier alpha value is -3.87. The Bertz CT molecular complexity index is 1090. The van der Waals surface area contributed by atoms with Gasteiger partial charge in [0.05, 0.1) is 7.11 Å². The minimum Gasteiger partial charge on any atom is -0.497 e. The van der Waals surface area contributed by atoms with Crippen molar-refractivity contribution in [1.82, 2.24) is 9.88 Å². The minimum absolute atomic E-state index is 0.0801. The number of pyridine rings is 1. The Morgan fingerprint density at radius 2 is 1.70 bits per heavy atom. The zero-order valence-electron chi connectivity index (χ0n) is 16.8. The number of anilines is 1. The fourth-order valence-electron chi connectivity index (χ4n) is 2.83. The van der Waals surface area contributed by atoms with Gasteiger partial charge >= 0.3 is 0 Å². The van der Waals surface area contributed by atoms with Gasteiger partial charge in [-0.05, 0) is 60.5 Å². The van der Waals surface area contributed by atoms with E-state index < -0.39 is 0 Å². The molecule has 1 heterocycles. The summed E-state index contributed by atoms with van der Waals surface area (Å²) in [6, 6.07) is 17.3. The fraction of sp³-hybridized carbons (Fsp3) is 0.174. The summed E-state index contributed by atoms with van der Waals surface area (Å²) in [6.45, 7) is 2.14. The van der Waals surface area contributed by atoms with Crippen LogP contribution in [0.3, 0.4) is 0 Å². The number of ether oxygens (including phenoxy) is 1. The summed E-state index contributed by atoms with van der Waals surface area (Å²) in [6.07, 6.45) is 1.59. The first-order valence-electron chi connectivity index (χ1n) is 9.43. The smallest absolute Gasteiger partial charge is 0.251 e. The number of carbonyl (C=O) groups is 2. The summed E-state index contributed by atoms with van der Waals surface area (Å²) in [5, 5.41) is 5.58. The van der Waals surface area contributed by atoms with E-state index in [1.807, 2.05) is 31.2 Å². The van der Waals surface area contributed by atoms with Gasteiger partial charge in [0.2, 0.25) is 5.91 Å². The summed E-state index contributed by atoms with van der Waals surface area (Å²) in [5.41, 5.74) is 2.61. The van der Waals surface area contributed by atoms with Crippen molar-refractivity contribution in [1.29, 1.82) is 0 Å². The lowest BCUT2D eigenvalue weighted by molar-refractivity contribution is -0.116. The molecular formula is C23H23N3O4. The van der Waals surface area contributed by atoms with Gasteiger partial charge in [-0.1, -0.05) is 12.1 Å². The number of aromatic nitrogens is 1. The van der Waals surface area contributed by atoms with Gasteiger partial charge in [-0.15, -0.1) is 0 Å². The first-order valence-corrected chi connectivity index (χ1v) is 9.43. The average Bonchev–Trinajstić information content (AvgIpc) is 2.75. The third kappa shape index (κ3) is 5.57. The minimum atomic E-state index is -0.322. The van der Waals surface area contributed by atoms with Crippen molar-refractivity contribution in [2.24, 2.45) is 0 Å². The molecule has 0 saturated heterocycles. The Morgan fingerprint density at radius 3 is 2.33 bits per heavy atom. The van der Waals surface area contributed by atoms with E-state index in [2.05, 4.69) is 10.6 Å².